The topological polar surface area (TPSA) is 38.7 Å². The first-order valence-electron chi connectivity index (χ1n) is 6.89. The van der Waals surface area contributed by atoms with E-state index < -0.39 is 0 Å². The molecule has 0 saturated heterocycles. The van der Waals surface area contributed by atoms with Gasteiger partial charge >= 0.3 is 0 Å². The van der Waals surface area contributed by atoms with Crippen molar-refractivity contribution in [2.45, 2.75) is 6.92 Å². The van der Waals surface area contributed by atoms with E-state index in [0.29, 0.717) is 0 Å². The number of para-hydroxylation sites is 1. The van der Waals surface area contributed by atoms with E-state index in [2.05, 4.69) is 28.2 Å². The van der Waals surface area contributed by atoms with Crippen LogP contribution in [0.2, 0.25) is 0 Å². The third-order valence-corrected chi connectivity index (χ3v) is 3.62. The summed E-state index contributed by atoms with van der Waals surface area (Å²) in [5.41, 5.74) is 4.86. The molecule has 0 atom stereocenters. The highest BCUT2D eigenvalue weighted by molar-refractivity contribution is 6.00. The van der Waals surface area contributed by atoms with Crippen LogP contribution in [0.5, 0.6) is 0 Å². The third kappa shape index (κ3) is 2.03. The summed E-state index contributed by atoms with van der Waals surface area (Å²) in [4.78, 5) is 13.6. The minimum absolute atomic E-state index is 0.878. The van der Waals surface area contributed by atoms with Crippen molar-refractivity contribution in [1.82, 2.24) is 15.0 Å². The lowest BCUT2D eigenvalue weighted by molar-refractivity contribution is 1.12. The molecule has 2 heterocycles. The molecule has 0 fully saturated rings. The highest BCUT2D eigenvalue weighted by atomic mass is 14.8. The fourth-order valence-corrected chi connectivity index (χ4v) is 2.55. The lowest BCUT2D eigenvalue weighted by atomic mass is 10.0. The maximum absolute atomic E-state index is 4.73. The van der Waals surface area contributed by atoms with E-state index in [-0.39, 0.29) is 0 Å². The molecule has 0 saturated carbocycles. The van der Waals surface area contributed by atoms with E-state index in [9.17, 15) is 0 Å². The maximum Gasteiger partial charge on any atom is 0.0892 e. The molecule has 0 amide bonds. The summed E-state index contributed by atoms with van der Waals surface area (Å²) in [6.45, 7) is 1.94. The minimum atomic E-state index is 0.878. The third-order valence-electron chi connectivity index (χ3n) is 3.62. The summed E-state index contributed by atoms with van der Waals surface area (Å²) < 4.78 is 0. The van der Waals surface area contributed by atoms with E-state index in [4.69, 9.17) is 4.98 Å². The van der Waals surface area contributed by atoms with Gasteiger partial charge in [0.1, 0.15) is 0 Å². The summed E-state index contributed by atoms with van der Waals surface area (Å²) >= 11 is 0. The number of fused-ring (bicyclic) bond motifs is 2. The fraction of sp³-hybridized carbons (Fsp3) is 0.0556. The van der Waals surface area contributed by atoms with Crippen LogP contribution in [-0.2, 0) is 0 Å². The highest BCUT2D eigenvalue weighted by Crippen LogP contribution is 2.28. The molecule has 0 aliphatic heterocycles. The first-order valence-corrected chi connectivity index (χ1v) is 6.89. The Hall–Kier alpha value is -2.81. The molecule has 3 heteroatoms. The maximum atomic E-state index is 4.73. The summed E-state index contributed by atoms with van der Waals surface area (Å²) in [6, 6.07) is 16.5. The zero-order chi connectivity index (χ0) is 14.2. The van der Waals surface area contributed by atoms with Gasteiger partial charge in [-0.1, -0.05) is 30.3 Å². The van der Waals surface area contributed by atoms with E-state index in [1.165, 1.54) is 0 Å². The Morgan fingerprint density at radius 3 is 2.52 bits per heavy atom. The quantitative estimate of drug-likeness (QED) is 0.488. The number of aromatic nitrogens is 3. The predicted octanol–water partition coefficient (Wildman–Crippen LogP) is 4.15. The van der Waals surface area contributed by atoms with Gasteiger partial charge in [0.05, 0.1) is 28.6 Å². The van der Waals surface area contributed by atoms with E-state index in [1.807, 2.05) is 43.5 Å². The number of hydrogen-bond acceptors (Lipinski definition) is 3. The molecular weight excluding hydrogens is 258 g/mol. The second-order valence-corrected chi connectivity index (χ2v) is 5.10. The molecule has 3 nitrogen and oxygen atoms in total. The normalized spacial score (nSPS) is 11.1. The minimum Gasteiger partial charge on any atom is -0.258 e. The number of hydrogen-bond donors (Lipinski definition) is 0. The van der Waals surface area contributed by atoms with Crippen LogP contribution in [0.15, 0.2) is 60.9 Å². The molecule has 0 aliphatic rings. The van der Waals surface area contributed by atoms with Crippen LogP contribution >= 0.6 is 0 Å². The highest BCUT2D eigenvalue weighted by Gasteiger charge is 2.07. The molecule has 4 rings (SSSR count). The van der Waals surface area contributed by atoms with Crippen molar-refractivity contribution in [3.63, 3.8) is 0 Å². The smallest absolute Gasteiger partial charge is 0.0892 e. The van der Waals surface area contributed by atoms with Gasteiger partial charge in [0.2, 0.25) is 0 Å². The van der Waals surface area contributed by atoms with Gasteiger partial charge < -0.3 is 0 Å². The van der Waals surface area contributed by atoms with Gasteiger partial charge in [-0.3, -0.25) is 9.97 Å². The summed E-state index contributed by atoms with van der Waals surface area (Å²) in [7, 11) is 0. The Morgan fingerprint density at radius 1 is 0.810 bits per heavy atom. The Labute approximate surface area is 122 Å². The molecule has 0 spiro atoms. The SMILES string of the molecule is Cc1cnc(-c2cccc3nc4ccccc4cc23)cn1. The Kier molecular flexibility index (Phi) is 2.64. The molecule has 2 aromatic heterocycles. The van der Waals surface area contributed by atoms with Gasteiger partial charge in [0.25, 0.3) is 0 Å². The Bertz CT molecular complexity index is 943. The van der Waals surface area contributed by atoms with Crippen LogP contribution in [0.1, 0.15) is 5.69 Å². The van der Waals surface area contributed by atoms with Crippen LogP contribution in [0, 0.1) is 6.92 Å². The lowest BCUT2D eigenvalue weighted by Gasteiger charge is -2.07. The largest absolute Gasteiger partial charge is 0.258 e. The van der Waals surface area contributed by atoms with Crippen LogP contribution < -0.4 is 0 Å². The summed E-state index contributed by atoms with van der Waals surface area (Å²) in [5, 5.41) is 2.24. The van der Waals surface area contributed by atoms with Crippen molar-refractivity contribution in [2.75, 3.05) is 0 Å². The monoisotopic (exact) mass is 271 g/mol. The van der Waals surface area contributed by atoms with Crippen molar-refractivity contribution in [1.29, 1.82) is 0 Å². The molecule has 0 N–H and O–H groups in total. The van der Waals surface area contributed by atoms with Crippen molar-refractivity contribution in [3.8, 4) is 11.3 Å². The van der Waals surface area contributed by atoms with Gasteiger partial charge in [-0.15, -0.1) is 0 Å². The number of rotatable bonds is 1. The molecule has 0 aliphatic carbocycles. The Morgan fingerprint density at radius 2 is 1.67 bits per heavy atom. The molecule has 100 valence electrons. The molecular formula is C18H13N3. The molecule has 2 aromatic carbocycles. The van der Waals surface area contributed by atoms with Crippen molar-refractivity contribution in [3.05, 3.63) is 66.6 Å². The molecule has 21 heavy (non-hydrogen) atoms. The molecule has 0 radical (unpaired) electrons. The van der Waals surface area contributed by atoms with Crippen LogP contribution in [0.3, 0.4) is 0 Å². The van der Waals surface area contributed by atoms with Gasteiger partial charge in [0, 0.05) is 22.5 Å². The average Bonchev–Trinajstić information content (AvgIpc) is 2.53. The van der Waals surface area contributed by atoms with E-state index in [1.54, 1.807) is 6.20 Å². The standard InChI is InChI=1S/C18H13N3/c1-12-10-20-18(11-19-12)14-6-4-8-17-15(14)9-13-5-2-3-7-16(13)21-17/h2-11H,1H3. The number of aryl methyl sites for hydroxylation is 1. The number of nitrogens with zero attached hydrogens (tertiary/aromatic N) is 3. The average molecular weight is 271 g/mol. The molecule has 4 aromatic rings. The van der Waals surface area contributed by atoms with Crippen molar-refractivity contribution in [2.24, 2.45) is 0 Å². The zero-order valence-corrected chi connectivity index (χ0v) is 11.6. The number of pyridine rings is 1. The first kappa shape index (κ1) is 12.0. The van der Waals surface area contributed by atoms with Crippen molar-refractivity contribution >= 4 is 21.8 Å². The van der Waals surface area contributed by atoms with Gasteiger partial charge in [0.15, 0.2) is 0 Å². The second-order valence-electron chi connectivity index (χ2n) is 5.10. The van der Waals surface area contributed by atoms with Gasteiger partial charge in [-0.05, 0) is 25.1 Å². The van der Waals surface area contributed by atoms with E-state index >= 15 is 0 Å². The van der Waals surface area contributed by atoms with Crippen LogP contribution in [0.4, 0.5) is 0 Å². The summed E-state index contributed by atoms with van der Waals surface area (Å²) in [5.74, 6) is 0. The lowest BCUT2D eigenvalue weighted by Crippen LogP contribution is -1.90. The van der Waals surface area contributed by atoms with Crippen molar-refractivity contribution < 1.29 is 0 Å². The van der Waals surface area contributed by atoms with Gasteiger partial charge in [-0.2, -0.15) is 0 Å². The predicted molar refractivity (Wildman–Crippen MR) is 85.0 cm³/mol. The van der Waals surface area contributed by atoms with Crippen LogP contribution in [0.25, 0.3) is 33.1 Å². The molecule has 0 unspecified atom stereocenters. The number of benzene rings is 2. The van der Waals surface area contributed by atoms with Crippen LogP contribution in [-0.4, -0.2) is 15.0 Å². The second kappa shape index (κ2) is 4.63. The summed E-state index contributed by atoms with van der Waals surface area (Å²) in [6.07, 6.45) is 3.61. The fourth-order valence-electron chi connectivity index (χ4n) is 2.55. The van der Waals surface area contributed by atoms with E-state index in [0.717, 1.165) is 38.8 Å². The zero-order valence-electron chi connectivity index (χ0n) is 11.6. The molecule has 0 bridgehead atoms. The first-order chi connectivity index (χ1) is 10.3. The Balaban J connectivity index is 2.04. The van der Waals surface area contributed by atoms with Gasteiger partial charge in [-0.25, -0.2) is 4.98 Å².